The maximum absolute atomic E-state index is 7.92. The molecule has 3 aromatic rings. The van der Waals surface area contributed by atoms with E-state index < -0.39 is 13.7 Å². The van der Waals surface area contributed by atoms with Gasteiger partial charge in [0.1, 0.15) is 18.1 Å². The summed E-state index contributed by atoms with van der Waals surface area (Å²) in [5.41, 5.74) is 2.14. The Morgan fingerprint density at radius 3 is 2.29 bits per heavy atom. The van der Waals surface area contributed by atoms with Gasteiger partial charge in [-0.25, -0.2) is 4.57 Å². The number of hydrogen-bond donors (Lipinski definition) is 0. The zero-order chi connectivity index (χ0) is 20.0. The van der Waals surface area contributed by atoms with Crippen molar-refractivity contribution < 1.29 is 12.8 Å². The fourth-order valence-corrected chi connectivity index (χ4v) is 2.60. The Hall–Kier alpha value is -2.35. The first-order valence-electron chi connectivity index (χ1n) is 9.79. The van der Waals surface area contributed by atoms with Crippen molar-refractivity contribution in [2.24, 2.45) is 7.05 Å². The normalized spacial score (nSPS) is 16.3. The molecule has 0 spiro atoms. The summed E-state index contributed by atoms with van der Waals surface area (Å²) >= 11 is 0. The van der Waals surface area contributed by atoms with Gasteiger partial charge in [0.05, 0.1) is 12.6 Å². The van der Waals surface area contributed by atoms with Gasteiger partial charge in [-0.15, -0.1) is 0 Å². The third-order valence-corrected chi connectivity index (χ3v) is 3.66. The van der Waals surface area contributed by atoms with Gasteiger partial charge in [0.25, 0.3) is 5.82 Å². The summed E-state index contributed by atoms with van der Waals surface area (Å²) in [5, 5.41) is 0. The highest BCUT2D eigenvalue weighted by Gasteiger charge is 2.22. The first-order valence-corrected chi connectivity index (χ1v) is 6.79. The third-order valence-electron chi connectivity index (χ3n) is 3.66. The Labute approximate surface area is 134 Å². The van der Waals surface area contributed by atoms with Crippen LogP contribution in [-0.4, -0.2) is 4.57 Å². The van der Waals surface area contributed by atoms with Crippen LogP contribution in [0.4, 0.5) is 0 Å². The van der Waals surface area contributed by atoms with E-state index in [1.807, 2.05) is 42.8 Å². The van der Waals surface area contributed by atoms with Gasteiger partial charge in [0.15, 0.2) is 0 Å². The lowest BCUT2D eigenvalue weighted by Crippen LogP contribution is -2.29. The van der Waals surface area contributed by atoms with Crippen molar-refractivity contribution in [3.05, 3.63) is 71.5 Å². The Balaban J connectivity index is 2.42. The summed E-state index contributed by atoms with van der Waals surface area (Å²) in [6, 6.07) is 12.2. The van der Waals surface area contributed by atoms with Gasteiger partial charge < -0.3 is 0 Å². The van der Waals surface area contributed by atoms with Crippen molar-refractivity contribution in [1.29, 1.82) is 0 Å². The van der Waals surface area contributed by atoms with Gasteiger partial charge in [-0.2, -0.15) is 4.57 Å². The Morgan fingerprint density at radius 2 is 1.62 bits per heavy atom. The van der Waals surface area contributed by atoms with Crippen LogP contribution in [0, 0.1) is 20.6 Å². The summed E-state index contributed by atoms with van der Waals surface area (Å²) < 4.78 is 51.0. The number of imidazole rings is 1. The molecule has 106 valence electrons. The maximum atomic E-state index is 7.92. The summed E-state index contributed by atoms with van der Waals surface area (Å²) in [6.07, 6.45) is 3.50. The fraction of sp³-hybridized carbons (Fsp3) is 0.211. The summed E-state index contributed by atoms with van der Waals surface area (Å²) in [6.45, 7) is -2.92. The standard InChI is InChI=1S/C19H21N2/c1-14-8-5-6-11-17(14)19-20(4)12-13-21(19)18-15(2)9-7-10-16(18)3/h5-13H,1-4H3/q+1/i2D3,3D3. The highest BCUT2D eigenvalue weighted by Crippen LogP contribution is 2.26. The largest absolute Gasteiger partial charge is 0.294 e. The molecule has 2 aromatic carbocycles. The van der Waals surface area contributed by atoms with E-state index in [-0.39, 0.29) is 16.8 Å². The molecule has 0 saturated heterocycles. The second-order valence-corrected chi connectivity index (χ2v) is 5.12. The minimum absolute atomic E-state index is 0.0159. The van der Waals surface area contributed by atoms with E-state index in [1.165, 1.54) is 18.2 Å². The zero-order valence-corrected chi connectivity index (χ0v) is 12.1. The van der Waals surface area contributed by atoms with Crippen LogP contribution >= 0.6 is 0 Å². The van der Waals surface area contributed by atoms with Crippen LogP contribution in [0.3, 0.4) is 0 Å². The molecule has 0 N–H and O–H groups in total. The van der Waals surface area contributed by atoms with Crippen LogP contribution in [0.1, 0.15) is 24.9 Å². The molecule has 0 bridgehead atoms. The van der Waals surface area contributed by atoms with Gasteiger partial charge >= 0.3 is 0 Å². The topological polar surface area (TPSA) is 8.81 Å². The molecule has 0 saturated carbocycles. The summed E-state index contributed by atoms with van der Waals surface area (Å²) in [5.74, 6) is 0.718. The highest BCUT2D eigenvalue weighted by atomic mass is 15.1. The lowest BCUT2D eigenvalue weighted by atomic mass is 10.1. The highest BCUT2D eigenvalue weighted by molar-refractivity contribution is 5.62. The minimum Gasteiger partial charge on any atom is -0.232 e. The number of aromatic nitrogens is 2. The number of nitrogens with zero attached hydrogens (tertiary/aromatic N) is 2. The predicted octanol–water partition coefficient (Wildman–Crippen LogP) is 3.89. The molecular weight excluding hydrogens is 256 g/mol. The van der Waals surface area contributed by atoms with Gasteiger partial charge in [0, 0.05) is 8.22 Å². The maximum Gasteiger partial charge on any atom is 0.294 e. The Bertz CT molecular complexity index is 950. The van der Waals surface area contributed by atoms with Gasteiger partial charge in [-0.3, -0.25) is 0 Å². The van der Waals surface area contributed by atoms with Crippen LogP contribution in [-0.2, 0) is 7.05 Å². The predicted molar refractivity (Wildman–Crippen MR) is 86.6 cm³/mol. The van der Waals surface area contributed by atoms with E-state index in [0.29, 0.717) is 0 Å². The molecular formula is C19H21N2+. The van der Waals surface area contributed by atoms with Crippen molar-refractivity contribution in [1.82, 2.24) is 4.57 Å². The number of benzene rings is 2. The van der Waals surface area contributed by atoms with E-state index in [0.717, 1.165) is 17.0 Å². The molecule has 0 aliphatic carbocycles. The van der Waals surface area contributed by atoms with Crippen molar-refractivity contribution in [3.63, 3.8) is 0 Å². The average molecular weight is 283 g/mol. The second-order valence-electron chi connectivity index (χ2n) is 5.12. The Morgan fingerprint density at radius 1 is 0.952 bits per heavy atom. The van der Waals surface area contributed by atoms with Gasteiger partial charge in [0.2, 0.25) is 0 Å². The SMILES string of the molecule is [2H]C([2H])([2H])c1cccc(C([2H])([2H])[2H])c1-n1cc[n+](C)c1-c1ccccc1C. The van der Waals surface area contributed by atoms with Crippen molar-refractivity contribution in [3.8, 4) is 17.1 Å². The van der Waals surface area contributed by atoms with Crippen molar-refractivity contribution >= 4 is 0 Å². The van der Waals surface area contributed by atoms with E-state index >= 15 is 0 Å². The molecule has 0 fully saturated rings. The van der Waals surface area contributed by atoms with E-state index in [1.54, 1.807) is 17.0 Å². The molecule has 0 aliphatic rings. The van der Waals surface area contributed by atoms with E-state index in [2.05, 4.69) is 0 Å². The number of para-hydroxylation sites is 1. The van der Waals surface area contributed by atoms with E-state index in [4.69, 9.17) is 8.22 Å². The third kappa shape index (κ3) is 2.27. The number of aryl methyl sites for hydroxylation is 4. The first kappa shape index (κ1) is 8.18. The lowest BCUT2D eigenvalue weighted by Gasteiger charge is -2.09. The molecule has 21 heavy (non-hydrogen) atoms. The van der Waals surface area contributed by atoms with Gasteiger partial charge in [-0.1, -0.05) is 36.4 Å². The van der Waals surface area contributed by atoms with Crippen LogP contribution in [0.25, 0.3) is 17.1 Å². The van der Waals surface area contributed by atoms with E-state index in [9.17, 15) is 0 Å². The number of hydrogen-bond acceptors (Lipinski definition) is 0. The number of rotatable bonds is 2. The quantitative estimate of drug-likeness (QED) is 0.631. The minimum atomic E-state index is -2.44. The summed E-state index contributed by atoms with van der Waals surface area (Å²) in [4.78, 5) is 0. The molecule has 2 nitrogen and oxygen atoms in total. The zero-order valence-electron chi connectivity index (χ0n) is 18.1. The van der Waals surface area contributed by atoms with Crippen molar-refractivity contribution in [2.45, 2.75) is 20.6 Å². The average Bonchev–Trinajstić information content (AvgIpc) is 2.94. The fourth-order valence-electron chi connectivity index (χ4n) is 2.60. The van der Waals surface area contributed by atoms with Crippen LogP contribution < -0.4 is 4.57 Å². The molecule has 3 rings (SSSR count). The molecule has 1 aromatic heterocycles. The Kier molecular flexibility index (Phi) is 2.03. The molecule has 0 radical (unpaired) electrons. The second kappa shape index (κ2) is 5.21. The van der Waals surface area contributed by atoms with Crippen LogP contribution in [0.2, 0.25) is 0 Å². The molecule has 0 aliphatic heterocycles. The molecule has 0 unspecified atom stereocenters. The summed E-state index contributed by atoms with van der Waals surface area (Å²) in [7, 11) is 1.85. The molecule has 0 amide bonds. The van der Waals surface area contributed by atoms with Gasteiger partial charge in [-0.05, 0) is 43.4 Å². The molecule has 2 heteroatoms. The smallest absolute Gasteiger partial charge is 0.232 e. The van der Waals surface area contributed by atoms with Crippen LogP contribution in [0.5, 0.6) is 0 Å². The first-order chi connectivity index (χ1) is 12.5. The molecule has 0 atom stereocenters. The lowest BCUT2D eigenvalue weighted by molar-refractivity contribution is -0.659. The van der Waals surface area contributed by atoms with Crippen LogP contribution in [0.15, 0.2) is 54.9 Å². The van der Waals surface area contributed by atoms with Crippen molar-refractivity contribution in [2.75, 3.05) is 0 Å². The molecule has 1 heterocycles. The monoisotopic (exact) mass is 283 g/mol.